The van der Waals surface area contributed by atoms with Crippen LogP contribution >= 0.6 is 0 Å². The van der Waals surface area contributed by atoms with E-state index in [-0.39, 0.29) is 36.2 Å². The molecule has 0 saturated carbocycles. The van der Waals surface area contributed by atoms with E-state index in [0.29, 0.717) is 35.1 Å². The molecule has 0 fully saturated rings. The number of aryl methyl sites for hydroxylation is 1. The molecule has 0 aliphatic carbocycles. The smallest absolute Gasteiger partial charge is 0.396 e. The van der Waals surface area contributed by atoms with Crippen LogP contribution in [0.5, 0.6) is 0 Å². The van der Waals surface area contributed by atoms with E-state index in [0.717, 1.165) is 5.56 Å². The van der Waals surface area contributed by atoms with Crippen LogP contribution in [-0.4, -0.2) is 27.2 Å². The zero-order valence-corrected chi connectivity index (χ0v) is 22.6. The van der Waals surface area contributed by atoms with Gasteiger partial charge in [0.15, 0.2) is 0 Å². The average Bonchev–Trinajstić information content (AvgIpc) is 2.94. The molecule has 0 bridgehead atoms. The van der Waals surface area contributed by atoms with Crippen molar-refractivity contribution in [2.24, 2.45) is 5.92 Å². The monoisotopic (exact) mass is 591 g/mol. The molecule has 2 aromatic heterocycles. The van der Waals surface area contributed by atoms with Crippen molar-refractivity contribution in [3.05, 3.63) is 99.2 Å². The molecule has 42 heavy (non-hydrogen) atoms. The number of benzene rings is 2. The number of rotatable bonds is 8. The average molecular weight is 592 g/mol. The first-order valence-corrected chi connectivity index (χ1v) is 13.0. The van der Waals surface area contributed by atoms with Gasteiger partial charge in [-0.05, 0) is 54.7 Å². The molecule has 2 N–H and O–H groups in total. The largest absolute Gasteiger partial charge is 0.416 e. The topological polar surface area (TPSA) is 84.2 Å². The molecule has 2 aromatic carbocycles. The van der Waals surface area contributed by atoms with Crippen LogP contribution in [0.15, 0.2) is 65.7 Å². The predicted molar refractivity (Wildman–Crippen MR) is 145 cm³/mol. The standard InChI is InChI=1S/C30H27F6N3O3/c1-17-3-5-20(6-4-17)25-23-7-9-37-15-24(23)28(42)39(10-8-18(2)16-40)26(25)27(41)38-14-19-11-21(29(31,32)33)13-22(12-19)30(34,35)36/h3-7,9,11-13,15,18,40H,8,10,14,16H2,1-2H3,(H,38,41)/t18-/m1/s1. The van der Waals surface area contributed by atoms with Gasteiger partial charge < -0.3 is 15.0 Å². The molecule has 0 radical (unpaired) electrons. The number of aliphatic hydroxyl groups excluding tert-OH is 1. The highest BCUT2D eigenvalue weighted by molar-refractivity contribution is 6.08. The number of pyridine rings is 2. The van der Waals surface area contributed by atoms with E-state index in [1.54, 1.807) is 37.3 Å². The van der Waals surface area contributed by atoms with Crippen molar-refractivity contribution in [3.63, 3.8) is 0 Å². The first-order valence-electron chi connectivity index (χ1n) is 13.0. The third-order valence-electron chi connectivity index (χ3n) is 6.89. The van der Waals surface area contributed by atoms with Gasteiger partial charge in [-0.2, -0.15) is 26.3 Å². The lowest BCUT2D eigenvalue weighted by Gasteiger charge is -2.21. The summed E-state index contributed by atoms with van der Waals surface area (Å²) in [4.78, 5) is 31.4. The van der Waals surface area contributed by atoms with Crippen LogP contribution in [0, 0.1) is 12.8 Å². The molecule has 0 aliphatic rings. The normalized spacial score (nSPS) is 12.9. The Kier molecular flexibility index (Phi) is 8.76. The summed E-state index contributed by atoms with van der Waals surface area (Å²) in [6, 6.07) is 9.74. The maximum Gasteiger partial charge on any atom is 0.416 e. The second-order valence-electron chi connectivity index (χ2n) is 10.1. The molecule has 6 nitrogen and oxygen atoms in total. The number of carbonyl (C=O) groups excluding carboxylic acids is 1. The van der Waals surface area contributed by atoms with Gasteiger partial charge in [-0.15, -0.1) is 0 Å². The number of aliphatic hydroxyl groups is 1. The van der Waals surface area contributed by atoms with Gasteiger partial charge >= 0.3 is 12.4 Å². The molecule has 1 amide bonds. The van der Waals surface area contributed by atoms with Crippen LogP contribution in [0.2, 0.25) is 0 Å². The fourth-order valence-electron chi connectivity index (χ4n) is 4.58. The molecule has 0 saturated heterocycles. The Morgan fingerprint density at radius 3 is 2.17 bits per heavy atom. The van der Waals surface area contributed by atoms with Crippen LogP contribution in [0.1, 0.15) is 46.1 Å². The molecule has 1 atom stereocenters. The summed E-state index contributed by atoms with van der Waals surface area (Å²) in [6.07, 6.45) is -6.98. The van der Waals surface area contributed by atoms with Crippen molar-refractivity contribution < 1.29 is 36.2 Å². The molecule has 4 rings (SSSR count). The van der Waals surface area contributed by atoms with Gasteiger partial charge in [0.05, 0.1) is 16.5 Å². The quantitative estimate of drug-likeness (QED) is 0.234. The maximum absolute atomic E-state index is 13.8. The minimum atomic E-state index is -5.05. The van der Waals surface area contributed by atoms with Crippen LogP contribution in [0.4, 0.5) is 26.3 Å². The zero-order chi connectivity index (χ0) is 30.8. The van der Waals surface area contributed by atoms with E-state index < -0.39 is 47.1 Å². The number of nitrogens with zero attached hydrogens (tertiary/aromatic N) is 2. The summed E-state index contributed by atoms with van der Waals surface area (Å²) in [7, 11) is 0. The third kappa shape index (κ3) is 6.64. The lowest BCUT2D eigenvalue weighted by Crippen LogP contribution is -2.34. The number of nitrogens with one attached hydrogen (secondary N) is 1. The number of alkyl halides is 6. The highest BCUT2D eigenvalue weighted by atomic mass is 19.4. The van der Waals surface area contributed by atoms with Gasteiger partial charge in [0.1, 0.15) is 5.69 Å². The van der Waals surface area contributed by atoms with E-state index in [9.17, 15) is 41.0 Å². The van der Waals surface area contributed by atoms with Crippen LogP contribution in [0.25, 0.3) is 21.9 Å². The fourth-order valence-corrected chi connectivity index (χ4v) is 4.58. The van der Waals surface area contributed by atoms with Gasteiger partial charge in [-0.1, -0.05) is 36.8 Å². The summed E-state index contributed by atoms with van der Waals surface area (Å²) in [5.41, 5.74) is -2.27. The summed E-state index contributed by atoms with van der Waals surface area (Å²) < 4.78 is 81.5. The summed E-state index contributed by atoms with van der Waals surface area (Å²) in [6.45, 7) is 2.78. The van der Waals surface area contributed by atoms with Crippen molar-refractivity contribution >= 4 is 16.7 Å². The van der Waals surface area contributed by atoms with Gasteiger partial charge in [0.2, 0.25) is 0 Å². The van der Waals surface area contributed by atoms with Crippen molar-refractivity contribution in [2.45, 2.75) is 45.7 Å². The molecular formula is C30H27F6N3O3. The molecule has 0 unspecified atom stereocenters. The van der Waals surface area contributed by atoms with Crippen LogP contribution in [0.3, 0.4) is 0 Å². The highest BCUT2D eigenvalue weighted by Gasteiger charge is 2.37. The maximum atomic E-state index is 13.8. The number of amides is 1. The molecule has 2 heterocycles. The second-order valence-corrected chi connectivity index (χ2v) is 10.1. The molecular weight excluding hydrogens is 564 g/mol. The Balaban J connectivity index is 1.87. The summed E-state index contributed by atoms with van der Waals surface area (Å²) in [5.74, 6) is -1.10. The van der Waals surface area contributed by atoms with Crippen molar-refractivity contribution in [1.82, 2.24) is 14.9 Å². The van der Waals surface area contributed by atoms with Crippen molar-refractivity contribution in [3.8, 4) is 11.1 Å². The van der Waals surface area contributed by atoms with E-state index in [1.165, 1.54) is 17.0 Å². The number of aromatic nitrogens is 2. The number of fused-ring (bicyclic) bond motifs is 1. The van der Waals surface area contributed by atoms with E-state index in [4.69, 9.17) is 0 Å². The predicted octanol–water partition coefficient (Wildman–Crippen LogP) is 6.36. The fraction of sp³-hybridized carbons (Fsp3) is 0.300. The Morgan fingerprint density at radius 2 is 1.60 bits per heavy atom. The Hall–Kier alpha value is -4.19. The van der Waals surface area contributed by atoms with E-state index in [2.05, 4.69) is 10.3 Å². The first kappa shape index (κ1) is 30.8. The van der Waals surface area contributed by atoms with Gasteiger partial charge in [-0.25, -0.2) is 0 Å². The van der Waals surface area contributed by atoms with Crippen LogP contribution in [-0.2, 0) is 25.4 Å². The third-order valence-corrected chi connectivity index (χ3v) is 6.89. The number of hydrogen-bond acceptors (Lipinski definition) is 4. The Labute approximate surface area is 236 Å². The highest BCUT2D eigenvalue weighted by Crippen LogP contribution is 2.36. The van der Waals surface area contributed by atoms with Gasteiger partial charge in [-0.3, -0.25) is 14.6 Å². The molecule has 0 spiro atoms. The van der Waals surface area contributed by atoms with Crippen molar-refractivity contribution in [2.75, 3.05) is 6.61 Å². The van der Waals surface area contributed by atoms with E-state index >= 15 is 0 Å². The molecule has 0 aliphatic heterocycles. The lowest BCUT2D eigenvalue weighted by atomic mass is 9.96. The zero-order valence-electron chi connectivity index (χ0n) is 22.6. The van der Waals surface area contributed by atoms with Gasteiger partial charge in [0, 0.05) is 43.0 Å². The van der Waals surface area contributed by atoms with E-state index in [1.807, 2.05) is 6.92 Å². The Morgan fingerprint density at radius 1 is 0.976 bits per heavy atom. The SMILES string of the molecule is Cc1ccc(-c2c(C(=O)NCc3cc(C(F)(F)F)cc(C(F)(F)F)c3)n(CC[C@@H](C)CO)c(=O)c3cnccc23)cc1. The Bertz CT molecular complexity index is 1630. The minimum Gasteiger partial charge on any atom is -0.396 e. The first-order chi connectivity index (χ1) is 19.7. The molecule has 222 valence electrons. The molecule has 12 heteroatoms. The van der Waals surface area contributed by atoms with Crippen molar-refractivity contribution in [1.29, 1.82) is 0 Å². The molecule has 4 aromatic rings. The number of hydrogen-bond donors (Lipinski definition) is 2. The van der Waals surface area contributed by atoms with Crippen LogP contribution < -0.4 is 10.9 Å². The minimum absolute atomic E-state index is 0.00872. The second kappa shape index (κ2) is 12.0. The number of halogens is 6. The van der Waals surface area contributed by atoms with Gasteiger partial charge in [0.25, 0.3) is 11.5 Å². The number of carbonyl (C=O) groups is 1. The summed E-state index contributed by atoms with van der Waals surface area (Å²) >= 11 is 0. The lowest BCUT2D eigenvalue weighted by molar-refractivity contribution is -0.143. The summed E-state index contributed by atoms with van der Waals surface area (Å²) in [5, 5.41) is 12.6.